The Labute approximate surface area is 126 Å². The summed E-state index contributed by atoms with van der Waals surface area (Å²) in [5, 5.41) is 2.86. The summed E-state index contributed by atoms with van der Waals surface area (Å²) in [5.74, 6) is 0.145. The Morgan fingerprint density at radius 2 is 2.10 bits per heavy atom. The minimum Gasteiger partial charge on any atom is -0.353 e. The van der Waals surface area contributed by atoms with Crippen molar-refractivity contribution in [3.8, 4) is 0 Å². The number of Topliss-reactive ketones (excluding diaryl/α,β-unsaturated/α-hetero) is 1. The molecule has 2 heterocycles. The fourth-order valence-electron chi connectivity index (χ4n) is 3.23. The number of hydrogen-bond donors (Lipinski definition) is 1. The molecule has 5 heteroatoms. The third kappa shape index (κ3) is 3.02. The third-order valence-corrected chi connectivity index (χ3v) is 4.37. The van der Waals surface area contributed by atoms with Crippen molar-refractivity contribution < 1.29 is 9.59 Å². The lowest BCUT2D eigenvalue weighted by molar-refractivity contribution is -0.128. The summed E-state index contributed by atoms with van der Waals surface area (Å²) in [5.41, 5.74) is 2.92. The molecule has 5 nitrogen and oxygen atoms in total. The lowest BCUT2D eigenvalue weighted by Crippen LogP contribution is -2.56. The predicted octanol–water partition coefficient (Wildman–Crippen LogP) is 1.52. The quantitative estimate of drug-likeness (QED) is 0.837. The van der Waals surface area contributed by atoms with Gasteiger partial charge < -0.3 is 9.88 Å². The third-order valence-electron chi connectivity index (χ3n) is 4.37. The number of hydrogen-bond acceptors (Lipinski definition) is 3. The van der Waals surface area contributed by atoms with Gasteiger partial charge in [0.25, 0.3) is 0 Å². The lowest BCUT2D eigenvalue weighted by atomic mass is 10.1. The second-order valence-corrected chi connectivity index (χ2v) is 5.64. The maximum absolute atomic E-state index is 12.6. The molecule has 0 bridgehead atoms. The number of nitrogens with zero attached hydrogens (tertiary/aromatic N) is 2. The molecule has 2 rings (SSSR count). The molecule has 1 unspecified atom stereocenters. The largest absolute Gasteiger partial charge is 0.353 e. The van der Waals surface area contributed by atoms with E-state index in [4.69, 9.17) is 0 Å². The van der Waals surface area contributed by atoms with E-state index in [-0.39, 0.29) is 17.7 Å². The summed E-state index contributed by atoms with van der Waals surface area (Å²) in [7, 11) is 0. The van der Waals surface area contributed by atoms with Crippen molar-refractivity contribution in [2.45, 2.75) is 46.7 Å². The Balaban J connectivity index is 2.16. The number of aryl methyl sites for hydroxylation is 1. The van der Waals surface area contributed by atoms with Crippen molar-refractivity contribution in [3.05, 3.63) is 23.0 Å². The normalized spacial score (nSPS) is 19.6. The van der Waals surface area contributed by atoms with E-state index in [9.17, 15) is 9.59 Å². The summed E-state index contributed by atoms with van der Waals surface area (Å²) < 4.78 is 2.15. The van der Waals surface area contributed by atoms with Gasteiger partial charge in [-0.25, -0.2) is 0 Å². The molecule has 116 valence electrons. The van der Waals surface area contributed by atoms with Crippen LogP contribution in [0.3, 0.4) is 0 Å². The van der Waals surface area contributed by atoms with Gasteiger partial charge in [0.2, 0.25) is 5.91 Å². The van der Waals surface area contributed by atoms with Crippen molar-refractivity contribution in [3.63, 3.8) is 0 Å². The molecule has 0 aliphatic carbocycles. The van der Waals surface area contributed by atoms with Crippen LogP contribution in [-0.4, -0.2) is 46.8 Å². The molecule has 0 aromatic carbocycles. The molecular weight excluding hydrogens is 266 g/mol. The molecule has 1 saturated heterocycles. The molecule has 1 aliphatic rings. The maximum atomic E-state index is 12.6. The highest BCUT2D eigenvalue weighted by Crippen LogP contribution is 2.17. The van der Waals surface area contributed by atoms with Gasteiger partial charge in [0, 0.05) is 36.6 Å². The highest BCUT2D eigenvalue weighted by atomic mass is 16.2. The van der Waals surface area contributed by atoms with Crippen LogP contribution in [-0.2, 0) is 11.3 Å². The smallest absolute Gasteiger partial charge is 0.237 e. The summed E-state index contributed by atoms with van der Waals surface area (Å²) in [6, 6.07) is 1.78. The van der Waals surface area contributed by atoms with E-state index in [2.05, 4.69) is 16.8 Å². The van der Waals surface area contributed by atoms with Gasteiger partial charge in [0.15, 0.2) is 5.78 Å². The molecule has 1 aromatic rings. The number of rotatable bonds is 5. The monoisotopic (exact) mass is 291 g/mol. The number of piperazine rings is 1. The average Bonchev–Trinajstić information content (AvgIpc) is 2.73. The molecule has 1 amide bonds. The minimum absolute atomic E-state index is 0.0376. The average molecular weight is 291 g/mol. The van der Waals surface area contributed by atoms with Gasteiger partial charge in [-0.1, -0.05) is 6.92 Å². The van der Waals surface area contributed by atoms with Crippen molar-refractivity contribution in [1.29, 1.82) is 0 Å². The van der Waals surface area contributed by atoms with Crippen LogP contribution in [0.4, 0.5) is 0 Å². The van der Waals surface area contributed by atoms with Crippen LogP contribution in [0, 0.1) is 13.8 Å². The molecule has 1 N–H and O–H groups in total. The van der Waals surface area contributed by atoms with Crippen LogP contribution in [0.15, 0.2) is 6.07 Å². The van der Waals surface area contributed by atoms with E-state index in [1.165, 1.54) is 0 Å². The summed E-state index contributed by atoms with van der Waals surface area (Å²) in [6.45, 7) is 10.6. The van der Waals surface area contributed by atoms with Crippen LogP contribution in [0.5, 0.6) is 0 Å². The number of nitrogens with one attached hydrogen (secondary N) is 1. The van der Waals surface area contributed by atoms with Crippen LogP contribution in [0.25, 0.3) is 0 Å². The van der Waals surface area contributed by atoms with Crippen molar-refractivity contribution in [2.75, 3.05) is 19.6 Å². The zero-order valence-electron chi connectivity index (χ0n) is 13.4. The van der Waals surface area contributed by atoms with Crippen molar-refractivity contribution in [1.82, 2.24) is 14.8 Å². The zero-order valence-corrected chi connectivity index (χ0v) is 13.4. The minimum atomic E-state index is -0.183. The Morgan fingerprint density at radius 1 is 1.38 bits per heavy atom. The first-order valence-corrected chi connectivity index (χ1v) is 7.71. The second kappa shape index (κ2) is 6.43. The Hall–Kier alpha value is -1.62. The van der Waals surface area contributed by atoms with Gasteiger partial charge in [0.1, 0.15) is 0 Å². The number of amides is 1. The van der Waals surface area contributed by atoms with Gasteiger partial charge in [0.05, 0.1) is 12.6 Å². The van der Waals surface area contributed by atoms with Crippen LogP contribution >= 0.6 is 0 Å². The van der Waals surface area contributed by atoms with Crippen LogP contribution < -0.4 is 5.32 Å². The fourth-order valence-corrected chi connectivity index (χ4v) is 3.23. The molecule has 1 aliphatic heterocycles. The van der Waals surface area contributed by atoms with Crippen LogP contribution in [0.1, 0.15) is 42.0 Å². The Morgan fingerprint density at radius 3 is 2.67 bits per heavy atom. The van der Waals surface area contributed by atoms with Gasteiger partial charge in [-0.3, -0.25) is 14.5 Å². The van der Waals surface area contributed by atoms with Crippen molar-refractivity contribution >= 4 is 11.7 Å². The maximum Gasteiger partial charge on any atom is 0.237 e. The highest BCUT2D eigenvalue weighted by Gasteiger charge is 2.30. The number of ketones is 1. The van der Waals surface area contributed by atoms with Gasteiger partial charge in [-0.15, -0.1) is 0 Å². The first-order valence-electron chi connectivity index (χ1n) is 7.71. The molecule has 0 spiro atoms. The lowest BCUT2D eigenvalue weighted by Gasteiger charge is -2.33. The summed E-state index contributed by atoms with van der Waals surface area (Å²) in [6.07, 6.45) is 0.729. The zero-order chi connectivity index (χ0) is 15.6. The SMILES string of the molecule is CCC1C(=O)NCCN1CC(=O)c1cc(C)n(CC)c1C. The van der Waals surface area contributed by atoms with E-state index >= 15 is 0 Å². The van der Waals surface area contributed by atoms with Crippen molar-refractivity contribution in [2.24, 2.45) is 0 Å². The van der Waals surface area contributed by atoms with E-state index in [0.717, 1.165) is 36.5 Å². The standard InChI is InChI=1S/C16H25N3O2/c1-5-14-16(21)17-7-8-18(14)10-15(20)13-9-11(3)19(6-2)12(13)4/h9,14H,5-8,10H2,1-4H3,(H,17,21). The molecule has 0 saturated carbocycles. The number of aromatic nitrogens is 1. The van der Waals surface area contributed by atoms with Gasteiger partial charge in [-0.05, 0) is 33.3 Å². The Bertz CT molecular complexity index is 548. The molecule has 1 atom stereocenters. The van der Waals surface area contributed by atoms with E-state index in [1.807, 2.05) is 31.7 Å². The number of carbonyl (C=O) groups excluding carboxylic acids is 2. The predicted molar refractivity (Wildman–Crippen MR) is 82.6 cm³/mol. The van der Waals surface area contributed by atoms with E-state index in [1.54, 1.807) is 0 Å². The van der Waals surface area contributed by atoms with Gasteiger partial charge >= 0.3 is 0 Å². The number of carbonyl (C=O) groups is 2. The first-order chi connectivity index (χ1) is 9.99. The fraction of sp³-hybridized carbons (Fsp3) is 0.625. The molecular formula is C16H25N3O2. The summed E-state index contributed by atoms with van der Waals surface area (Å²) in [4.78, 5) is 26.5. The Kier molecular flexibility index (Phi) is 4.83. The van der Waals surface area contributed by atoms with Crippen LogP contribution in [0.2, 0.25) is 0 Å². The molecule has 1 aromatic heterocycles. The van der Waals surface area contributed by atoms with E-state index < -0.39 is 0 Å². The first kappa shape index (κ1) is 15.8. The molecule has 21 heavy (non-hydrogen) atoms. The summed E-state index contributed by atoms with van der Waals surface area (Å²) >= 11 is 0. The molecule has 1 fully saturated rings. The highest BCUT2D eigenvalue weighted by molar-refractivity contribution is 5.99. The topological polar surface area (TPSA) is 54.3 Å². The second-order valence-electron chi connectivity index (χ2n) is 5.64. The van der Waals surface area contributed by atoms with E-state index in [0.29, 0.717) is 13.1 Å². The molecule has 0 radical (unpaired) electrons. The van der Waals surface area contributed by atoms with Gasteiger partial charge in [-0.2, -0.15) is 0 Å².